The van der Waals surface area contributed by atoms with Crippen molar-refractivity contribution >= 4 is 16.6 Å². The Morgan fingerprint density at radius 1 is 1.33 bits per heavy atom. The molecular formula is C12H15N3. The fourth-order valence-corrected chi connectivity index (χ4v) is 1.74. The van der Waals surface area contributed by atoms with Crippen molar-refractivity contribution in [1.82, 2.24) is 4.98 Å². The van der Waals surface area contributed by atoms with Crippen LogP contribution in [-0.4, -0.2) is 12.0 Å². The van der Waals surface area contributed by atoms with Crippen LogP contribution >= 0.6 is 0 Å². The maximum Gasteiger partial charge on any atom is 0.0726 e. The highest BCUT2D eigenvalue weighted by Gasteiger charge is 2.03. The molecule has 1 heterocycles. The first-order valence-corrected chi connectivity index (χ1v) is 5.02. The van der Waals surface area contributed by atoms with E-state index in [9.17, 15) is 0 Å². The summed E-state index contributed by atoms with van der Waals surface area (Å²) < 4.78 is 0. The number of hydrogen-bond donors (Lipinski definition) is 2. The van der Waals surface area contributed by atoms with Crippen LogP contribution < -0.4 is 11.1 Å². The molecule has 0 amide bonds. The van der Waals surface area contributed by atoms with Gasteiger partial charge in [-0.05, 0) is 30.7 Å². The fourth-order valence-electron chi connectivity index (χ4n) is 1.74. The van der Waals surface area contributed by atoms with Gasteiger partial charge in [0, 0.05) is 30.4 Å². The predicted octanol–water partition coefficient (Wildman–Crippen LogP) is 2.04. The van der Waals surface area contributed by atoms with Gasteiger partial charge in [0.05, 0.1) is 5.52 Å². The zero-order valence-corrected chi connectivity index (χ0v) is 9.04. The lowest BCUT2D eigenvalue weighted by Gasteiger charge is -2.08. The summed E-state index contributed by atoms with van der Waals surface area (Å²) in [4.78, 5) is 4.48. The van der Waals surface area contributed by atoms with Crippen LogP contribution in [0.4, 0.5) is 5.69 Å². The molecule has 0 bridgehead atoms. The Hall–Kier alpha value is -1.61. The number of nitrogens with zero attached hydrogens (tertiary/aromatic N) is 1. The van der Waals surface area contributed by atoms with Crippen molar-refractivity contribution in [3.05, 3.63) is 35.5 Å². The van der Waals surface area contributed by atoms with Gasteiger partial charge in [-0.1, -0.05) is 6.07 Å². The van der Waals surface area contributed by atoms with Gasteiger partial charge in [-0.2, -0.15) is 0 Å². The van der Waals surface area contributed by atoms with Gasteiger partial charge < -0.3 is 11.1 Å². The summed E-state index contributed by atoms with van der Waals surface area (Å²) in [6, 6.07) is 8.18. The number of hydrogen-bond acceptors (Lipinski definition) is 3. The molecule has 2 aromatic rings. The molecule has 0 radical (unpaired) electrons. The van der Waals surface area contributed by atoms with Crippen molar-refractivity contribution in [2.45, 2.75) is 13.5 Å². The largest absolute Gasteiger partial charge is 0.388 e. The third-order valence-corrected chi connectivity index (χ3v) is 2.51. The van der Waals surface area contributed by atoms with Gasteiger partial charge in [0.15, 0.2) is 0 Å². The third-order valence-electron chi connectivity index (χ3n) is 2.51. The van der Waals surface area contributed by atoms with Crippen LogP contribution in [0, 0.1) is 6.92 Å². The lowest BCUT2D eigenvalue weighted by Crippen LogP contribution is -1.98. The SMILES string of the molecule is CNc1cc(C)nc2ccc(CN)cc12. The van der Waals surface area contributed by atoms with E-state index in [1.807, 2.05) is 32.2 Å². The van der Waals surface area contributed by atoms with Gasteiger partial charge in [0.2, 0.25) is 0 Å². The number of pyridine rings is 1. The lowest BCUT2D eigenvalue weighted by molar-refractivity contribution is 1.07. The van der Waals surface area contributed by atoms with Crippen molar-refractivity contribution < 1.29 is 0 Å². The summed E-state index contributed by atoms with van der Waals surface area (Å²) in [5.41, 5.74) is 9.89. The van der Waals surface area contributed by atoms with Gasteiger partial charge in [0.25, 0.3) is 0 Å². The molecule has 2 rings (SSSR count). The zero-order chi connectivity index (χ0) is 10.8. The van der Waals surface area contributed by atoms with Gasteiger partial charge in [0.1, 0.15) is 0 Å². The first-order chi connectivity index (χ1) is 7.24. The van der Waals surface area contributed by atoms with E-state index in [4.69, 9.17) is 5.73 Å². The average molecular weight is 201 g/mol. The molecule has 0 spiro atoms. The van der Waals surface area contributed by atoms with Crippen LogP contribution in [0.3, 0.4) is 0 Å². The molecule has 0 saturated carbocycles. The van der Waals surface area contributed by atoms with Gasteiger partial charge in [-0.25, -0.2) is 0 Å². The van der Waals surface area contributed by atoms with Crippen molar-refractivity contribution in [3.8, 4) is 0 Å². The number of nitrogens with two attached hydrogens (primary N) is 1. The molecule has 3 N–H and O–H groups in total. The van der Waals surface area contributed by atoms with Crippen LogP contribution in [0.1, 0.15) is 11.3 Å². The van der Waals surface area contributed by atoms with Crippen LogP contribution in [0.2, 0.25) is 0 Å². The van der Waals surface area contributed by atoms with E-state index in [-0.39, 0.29) is 0 Å². The molecule has 0 atom stereocenters. The van der Waals surface area contributed by atoms with Crippen molar-refractivity contribution in [2.24, 2.45) is 5.73 Å². The summed E-state index contributed by atoms with van der Waals surface area (Å²) in [5.74, 6) is 0. The Balaban J connectivity index is 2.73. The number of nitrogens with one attached hydrogen (secondary N) is 1. The van der Waals surface area contributed by atoms with Crippen LogP contribution in [0.15, 0.2) is 24.3 Å². The molecule has 15 heavy (non-hydrogen) atoms. The summed E-state index contributed by atoms with van der Waals surface area (Å²) in [6.07, 6.45) is 0. The third kappa shape index (κ3) is 1.78. The highest BCUT2D eigenvalue weighted by atomic mass is 14.8. The Kier molecular flexibility index (Phi) is 2.56. The van der Waals surface area contributed by atoms with E-state index in [1.54, 1.807) is 0 Å². The van der Waals surface area contributed by atoms with Gasteiger partial charge in [-0.15, -0.1) is 0 Å². The molecule has 0 aliphatic carbocycles. The molecular weight excluding hydrogens is 186 g/mol. The first-order valence-electron chi connectivity index (χ1n) is 5.02. The average Bonchev–Trinajstić information content (AvgIpc) is 2.27. The van der Waals surface area contributed by atoms with E-state index in [2.05, 4.69) is 16.4 Å². The van der Waals surface area contributed by atoms with Crippen LogP contribution in [-0.2, 0) is 6.54 Å². The van der Waals surface area contributed by atoms with Crippen LogP contribution in [0.25, 0.3) is 10.9 Å². The maximum atomic E-state index is 5.62. The molecule has 0 aliphatic rings. The van der Waals surface area contributed by atoms with E-state index < -0.39 is 0 Å². The number of anilines is 1. The Bertz CT molecular complexity index is 491. The second-order valence-electron chi connectivity index (χ2n) is 3.62. The summed E-state index contributed by atoms with van der Waals surface area (Å²) >= 11 is 0. The number of aryl methyl sites for hydroxylation is 1. The Morgan fingerprint density at radius 2 is 2.13 bits per heavy atom. The number of benzene rings is 1. The molecule has 0 aliphatic heterocycles. The van der Waals surface area contributed by atoms with E-state index in [1.165, 1.54) is 0 Å². The number of fused-ring (bicyclic) bond motifs is 1. The minimum atomic E-state index is 0.562. The number of aromatic nitrogens is 1. The molecule has 0 saturated heterocycles. The second-order valence-corrected chi connectivity index (χ2v) is 3.62. The topological polar surface area (TPSA) is 50.9 Å². The molecule has 78 valence electrons. The summed E-state index contributed by atoms with van der Waals surface area (Å²) in [6.45, 7) is 2.56. The van der Waals surface area contributed by atoms with Gasteiger partial charge >= 0.3 is 0 Å². The Labute approximate surface area is 89.3 Å². The predicted molar refractivity (Wildman–Crippen MR) is 63.9 cm³/mol. The minimum Gasteiger partial charge on any atom is -0.388 e. The molecule has 1 aromatic carbocycles. The Morgan fingerprint density at radius 3 is 2.80 bits per heavy atom. The first kappa shape index (κ1) is 9.93. The van der Waals surface area contributed by atoms with Crippen molar-refractivity contribution in [3.63, 3.8) is 0 Å². The van der Waals surface area contributed by atoms with E-state index >= 15 is 0 Å². The monoisotopic (exact) mass is 201 g/mol. The second kappa shape index (κ2) is 3.87. The molecule has 1 aromatic heterocycles. The van der Waals surface area contributed by atoms with Gasteiger partial charge in [-0.3, -0.25) is 4.98 Å². The zero-order valence-electron chi connectivity index (χ0n) is 9.04. The van der Waals surface area contributed by atoms with Crippen molar-refractivity contribution in [2.75, 3.05) is 12.4 Å². The van der Waals surface area contributed by atoms with E-state index in [0.717, 1.165) is 27.8 Å². The highest BCUT2D eigenvalue weighted by Crippen LogP contribution is 2.23. The molecule has 3 nitrogen and oxygen atoms in total. The molecule has 0 fully saturated rings. The van der Waals surface area contributed by atoms with E-state index in [0.29, 0.717) is 6.54 Å². The normalized spacial score (nSPS) is 10.6. The molecule has 0 unspecified atom stereocenters. The quantitative estimate of drug-likeness (QED) is 0.781. The summed E-state index contributed by atoms with van der Waals surface area (Å²) in [5, 5.41) is 4.31. The van der Waals surface area contributed by atoms with Crippen molar-refractivity contribution in [1.29, 1.82) is 0 Å². The fraction of sp³-hybridized carbons (Fsp3) is 0.250. The maximum absolute atomic E-state index is 5.62. The standard InChI is InChI=1S/C12H15N3/c1-8-5-12(14-2)10-6-9(7-13)3-4-11(10)15-8/h3-6H,7,13H2,1-2H3,(H,14,15). The minimum absolute atomic E-state index is 0.562. The summed E-state index contributed by atoms with van der Waals surface area (Å²) in [7, 11) is 1.92. The number of rotatable bonds is 2. The van der Waals surface area contributed by atoms with Crippen LogP contribution in [0.5, 0.6) is 0 Å². The molecule has 3 heteroatoms. The highest BCUT2D eigenvalue weighted by molar-refractivity contribution is 5.91. The lowest BCUT2D eigenvalue weighted by atomic mass is 10.1. The smallest absolute Gasteiger partial charge is 0.0726 e.